The minimum Gasteiger partial charge on any atom is -0.487 e. The van der Waals surface area contributed by atoms with Crippen molar-refractivity contribution in [3.8, 4) is 5.75 Å². The molecule has 0 saturated carbocycles. The third-order valence-electron chi connectivity index (χ3n) is 5.23. The number of rotatable bonds is 2. The van der Waals surface area contributed by atoms with Crippen molar-refractivity contribution in [3.05, 3.63) is 58.6 Å². The molecule has 2 aliphatic rings. The third-order valence-corrected chi connectivity index (χ3v) is 7.68. The highest BCUT2D eigenvalue weighted by molar-refractivity contribution is 9.10. The lowest BCUT2D eigenvalue weighted by Gasteiger charge is -2.44. The predicted molar refractivity (Wildman–Crippen MR) is 100 cm³/mol. The summed E-state index contributed by atoms with van der Waals surface area (Å²) in [4.78, 5) is 0.349. The van der Waals surface area contributed by atoms with Gasteiger partial charge in [0.2, 0.25) is 10.0 Å². The molecule has 0 radical (unpaired) electrons. The van der Waals surface area contributed by atoms with E-state index in [-0.39, 0.29) is 5.60 Å². The van der Waals surface area contributed by atoms with Crippen molar-refractivity contribution >= 4 is 26.0 Å². The van der Waals surface area contributed by atoms with E-state index in [0.717, 1.165) is 35.9 Å². The lowest BCUT2D eigenvalue weighted by Crippen LogP contribution is -2.51. The number of hydrogen-bond acceptors (Lipinski definition) is 3. The number of halogens is 1. The summed E-state index contributed by atoms with van der Waals surface area (Å²) in [6.45, 7) is 1.00. The number of nitrogens with zero attached hydrogens (tertiary/aromatic N) is 1. The number of aryl methyl sites for hydroxylation is 1. The number of hydrogen-bond donors (Lipinski definition) is 0. The van der Waals surface area contributed by atoms with Crippen molar-refractivity contribution in [2.45, 2.75) is 36.2 Å². The molecule has 1 fully saturated rings. The average Bonchev–Trinajstić information content (AvgIpc) is 2.62. The van der Waals surface area contributed by atoms with Gasteiger partial charge in [0.25, 0.3) is 0 Å². The molecule has 0 atom stereocenters. The second kappa shape index (κ2) is 6.41. The van der Waals surface area contributed by atoms with Gasteiger partial charge in [0.05, 0.1) is 4.90 Å². The molecule has 6 heteroatoms. The highest BCUT2D eigenvalue weighted by atomic mass is 79.9. The fourth-order valence-electron chi connectivity index (χ4n) is 3.70. The van der Waals surface area contributed by atoms with Crippen LogP contribution in [0.1, 0.15) is 24.8 Å². The number of ether oxygens (including phenoxy) is 1. The van der Waals surface area contributed by atoms with Crippen molar-refractivity contribution in [3.63, 3.8) is 0 Å². The molecule has 2 aromatic rings. The molecule has 1 spiro atoms. The Labute approximate surface area is 157 Å². The van der Waals surface area contributed by atoms with Crippen LogP contribution in [0.4, 0.5) is 0 Å². The lowest BCUT2D eigenvalue weighted by atomic mass is 9.84. The molecule has 1 saturated heterocycles. The standard InChI is InChI=1S/C19H20BrNO3S/c20-16-5-7-17(8-6-16)25(22,23)21-13-11-19(12-14-21)10-9-15-3-1-2-4-18(15)24-19/h1-8H,9-14H2. The van der Waals surface area contributed by atoms with Gasteiger partial charge in [0.15, 0.2) is 0 Å². The van der Waals surface area contributed by atoms with Crippen LogP contribution in [0.5, 0.6) is 5.75 Å². The quantitative estimate of drug-likeness (QED) is 0.735. The highest BCUT2D eigenvalue weighted by Gasteiger charge is 2.42. The lowest BCUT2D eigenvalue weighted by molar-refractivity contribution is 0.00181. The van der Waals surface area contributed by atoms with E-state index in [1.165, 1.54) is 5.56 Å². The summed E-state index contributed by atoms with van der Waals surface area (Å²) in [6, 6.07) is 15.0. The van der Waals surface area contributed by atoms with Crippen molar-refractivity contribution in [2.75, 3.05) is 13.1 Å². The van der Waals surface area contributed by atoms with Gasteiger partial charge >= 0.3 is 0 Å². The zero-order valence-electron chi connectivity index (χ0n) is 13.8. The largest absolute Gasteiger partial charge is 0.487 e. The van der Waals surface area contributed by atoms with Crippen LogP contribution >= 0.6 is 15.9 Å². The Morgan fingerprint density at radius 3 is 2.36 bits per heavy atom. The van der Waals surface area contributed by atoms with Crippen molar-refractivity contribution in [1.29, 1.82) is 0 Å². The molecule has 0 unspecified atom stereocenters. The van der Waals surface area contributed by atoms with Crippen LogP contribution in [0.15, 0.2) is 57.9 Å². The van der Waals surface area contributed by atoms with E-state index in [1.807, 2.05) is 18.2 Å². The molecule has 25 heavy (non-hydrogen) atoms. The zero-order valence-corrected chi connectivity index (χ0v) is 16.2. The van der Waals surface area contributed by atoms with E-state index in [0.29, 0.717) is 18.0 Å². The van der Waals surface area contributed by atoms with Gasteiger partial charge in [-0.25, -0.2) is 8.42 Å². The summed E-state index contributed by atoms with van der Waals surface area (Å²) in [5.41, 5.74) is 1.03. The smallest absolute Gasteiger partial charge is 0.243 e. The van der Waals surface area contributed by atoms with Crippen LogP contribution in [0.3, 0.4) is 0 Å². The van der Waals surface area contributed by atoms with E-state index < -0.39 is 10.0 Å². The van der Waals surface area contributed by atoms with E-state index >= 15 is 0 Å². The molecule has 0 aliphatic carbocycles. The van der Waals surface area contributed by atoms with Gasteiger partial charge in [0, 0.05) is 30.4 Å². The Bertz CT molecular complexity index is 872. The van der Waals surface area contributed by atoms with Crippen molar-refractivity contribution in [2.24, 2.45) is 0 Å². The normalized spacial score (nSPS) is 20.0. The number of para-hydroxylation sites is 1. The van der Waals surface area contributed by atoms with Crippen LogP contribution < -0.4 is 4.74 Å². The molecule has 4 nitrogen and oxygen atoms in total. The summed E-state index contributed by atoms with van der Waals surface area (Å²) < 4.78 is 34.5. The Morgan fingerprint density at radius 1 is 0.960 bits per heavy atom. The summed E-state index contributed by atoms with van der Waals surface area (Å²) in [7, 11) is -3.44. The first kappa shape index (κ1) is 17.1. The highest BCUT2D eigenvalue weighted by Crippen LogP contribution is 2.40. The van der Waals surface area contributed by atoms with Crippen LogP contribution in [-0.2, 0) is 16.4 Å². The van der Waals surface area contributed by atoms with E-state index in [4.69, 9.17) is 4.74 Å². The Kier molecular flexibility index (Phi) is 4.38. The van der Waals surface area contributed by atoms with Crippen molar-refractivity contribution in [1.82, 2.24) is 4.31 Å². The molecular formula is C19H20BrNO3S. The van der Waals surface area contributed by atoms with Gasteiger partial charge in [0.1, 0.15) is 11.4 Å². The zero-order chi connectivity index (χ0) is 17.5. The van der Waals surface area contributed by atoms with Crippen LogP contribution in [-0.4, -0.2) is 31.4 Å². The second-order valence-corrected chi connectivity index (χ2v) is 9.60. The van der Waals surface area contributed by atoms with Gasteiger partial charge in [-0.2, -0.15) is 4.31 Å². The number of fused-ring (bicyclic) bond motifs is 1. The van der Waals surface area contributed by atoms with Crippen LogP contribution in [0.2, 0.25) is 0 Å². The minimum absolute atomic E-state index is 0.222. The van der Waals surface area contributed by atoms with Gasteiger partial charge < -0.3 is 4.74 Å². The van der Waals surface area contributed by atoms with Gasteiger partial charge in [-0.15, -0.1) is 0 Å². The second-order valence-electron chi connectivity index (χ2n) is 6.75. The molecule has 0 N–H and O–H groups in total. The fourth-order valence-corrected chi connectivity index (χ4v) is 5.40. The first-order chi connectivity index (χ1) is 12.0. The average molecular weight is 422 g/mol. The molecular weight excluding hydrogens is 402 g/mol. The first-order valence-corrected chi connectivity index (χ1v) is 10.7. The molecule has 2 heterocycles. The maximum atomic E-state index is 12.8. The molecule has 0 aromatic heterocycles. The fraction of sp³-hybridized carbons (Fsp3) is 0.368. The number of piperidine rings is 1. The minimum atomic E-state index is -3.44. The first-order valence-electron chi connectivity index (χ1n) is 8.51. The van der Waals surface area contributed by atoms with Crippen molar-refractivity contribution < 1.29 is 13.2 Å². The predicted octanol–water partition coefficient (Wildman–Crippen LogP) is 4.00. The molecule has 4 rings (SSSR count). The van der Waals surface area contributed by atoms with E-state index in [2.05, 4.69) is 22.0 Å². The van der Waals surface area contributed by atoms with E-state index in [1.54, 1.807) is 28.6 Å². The van der Waals surface area contributed by atoms with Gasteiger partial charge in [-0.05, 0) is 48.7 Å². The van der Waals surface area contributed by atoms with Gasteiger partial charge in [-0.3, -0.25) is 0 Å². The van der Waals surface area contributed by atoms with Crippen LogP contribution in [0, 0.1) is 0 Å². The third kappa shape index (κ3) is 3.23. The maximum absolute atomic E-state index is 12.8. The Hall–Kier alpha value is -1.37. The molecule has 132 valence electrons. The number of benzene rings is 2. The Morgan fingerprint density at radius 2 is 1.64 bits per heavy atom. The molecule has 2 aromatic carbocycles. The summed E-state index contributed by atoms with van der Waals surface area (Å²) >= 11 is 3.34. The summed E-state index contributed by atoms with van der Waals surface area (Å²) in [6.07, 6.45) is 3.42. The Balaban J connectivity index is 1.49. The summed E-state index contributed by atoms with van der Waals surface area (Å²) in [5.74, 6) is 0.956. The maximum Gasteiger partial charge on any atom is 0.243 e. The van der Waals surface area contributed by atoms with Gasteiger partial charge in [-0.1, -0.05) is 34.1 Å². The summed E-state index contributed by atoms with van der Waals surface area (Å²) in [5, 5.41) is 0. The topological polar surface area (TPSA) is 46.6 Å². The molecule has 2 aliphatic heterocycles. The van der Waals surface area contributed by atoms with Crippen LogP contribution in [0.25, 0.3) is 0 Å². The monoisotopic (exact) mass is 421 g/mol. The SMILES string of the molecule is O=S(=O)(c1ccc(Br)cc1)N1CCC2(CCc3ccccc3O2)CC1. The molecule has 0 amide bonds. The van der Waals surface area contributed by atoms with E-state index in [9.17, 15) is 8.42 Å². The number of sulfonamides is 1. The molecule has 0 bridgehead atoms.